The van der Waals surface area contributed by atoms with E-state index in [1.54, 1.807) is 0 Å². The lowest BCUT2D eigenvalue weighted by atomic mass is 9.78. The van der Waals surface area contributed by atoms with E-state index in [1.807, 2.05) is 0 Å². The zero-order valence-corrected chi connectivity index (χ0v) is 10.4. The maximum atomic E-state index is 6.16. The van der Waals surface area contributed by atoms with Crippen LogP contribution in [-0.4, -0.2) is 30.7 Å². The van der Waals surface area contributed by atoms with Gasteiger partial charge in [-0.25, -0.2) is 0 Å². The van der Waals surface area contributed by atoms with Crippen LogP contribution in [0.5, 0.6) is 0 Å². The van der Waals surface area contributed by atoms with Gasteiger partial charge in [-0.2, -0.15) is 0 Å². The maximum absolute atomic E-state index is 6.16. The smallest absolute Gasteiger partial charge is 0.0620 e. The van der Waals surface area contributed by atoms with Crippen molar-refractivity contribution < 1.29 is 4.74 Å². The predicted octanol–water partition coefficient (Wildman–Crippen LogP) is 2.55. The highest BCUT2D eigenvalue weighted by atomic mass is 35.5. The highest BCUT2D eigenvalue weighted by Gasteiger charge is 2.35. The van der Waals surface area contributed by atoms with E-state index in [0.29, 0.717) is 6.04 Å². The fourth-order valence-corrected chi connectivity index (χ4v) is 3.06. The van der Waals surface area contributed by atoms with E-state index in [2.05, 4.69) is 12.2 Å². The molecule has 1 aliphatic carbocycles. The van der Waals surface area contributed by atoms with E-state index in [-0.39, 0.29) is 5.54 Å². The monoisotopic (exact) mass is 231 g/mol. The number of alkyl halides is 1. The Morgan fingerprint density at radius 2 is 2.07 bits per heavy atom. The van der Waals surface area contributed by atoms with E-state index in [1.165, 1.54) is 25.7 Å². The summed E-state index contributed by atoms with van der Waals surface area (Å²) in [6.07, 6.45) is 6.23. The van der Waals surface area contributed by atoms with Crippen molar-refractivity contribution >= 4 is 11.6 Å². The van der Waals surface area contributed by atoms with Crippen LogP contribution >= 0.6 is 11.6 Å². The number of halogens is 1. The van der Waals surface area contributed by atoms with Gasteiger partial charge in [0.2, 0.25) is 0 Å². The summed E-state index contributed by atoms with van der Waals surface area (Å²) in [6, 6.07) is 0.539. The summed E-state index contributed by atoms with van der Waals surface area (Å²) in [6.45, 7) is 4.12. The van der Waals surface area contributed by atoms with Gasteiger partial charge >= 0.3 is 0 Å². The standard InChI is InChI=1S/C12H22ClNO/c1-10-2-5-12(9-13,6-3-10)14-11-4-7-15-8-11/h10-11,14H,2-9H2,1H3. The quantitative estimate of drug-likeness (QED) is 0.754. The first-order valence-electron chi connectivity index (χ1n) is 6.15. The SMILES string of the molecule is CC1CCC(CCl)(NC2CCOC2)CC1. The lowest BCUT2D eigenvalue weighted by molar-refractivity contribution is 0.164. The average molecular weight is 232 g/mol. The second kappa shape index (κ2) is 5.03. The van der Waals surface area contributed by atoms with Crippen molar-refractivity contribution in [2.24, 2.45) is 5.92 Å². The highest BCUT2D eigenvalue weighted by Crippen LogP contribution is 2.33. The minimum Gasteiger partial charge on any atom is -0.380 e. The third-order valence-corrected chi connectivity index (χ3v) is 4.44. The van der Waals surface area contributed by atoms with Gasteiger partial charge in [0.1, 0.15) is 0 Å². The molecule has 0 aromatic heterocycles. The Morgan fingerprint density at radius 3 is 2.60 bits per heavy atom. The second-order valence-electron chi connectivity index (χ2n) is 5.30. The fraction of sp³-hybridized carbons (Fsp3) is 1.00. The molecule has 2 rings (SSSR count). The molecule has 88 valence electrons. The number of ether oxygens (including phenoxy) is 1. The van der Waals surface area contributed by atoms with Gasteiger partial charge in [-0.05, 0) is 38.0 Å². The average Bonchev–Trinajstić information content (AvgIpc) is 2.75. The summed E-state index contributed by atoms with van der Waals surface area (Å²) in [4.78, 5) is 0. The van der Waals surface area contributed by atoms with Crippen LogP contribution < -0.4 is 5.32 Å². The zero-order valence-electron chi connectivity index (χ0n) is 9.60. The lowest BCUT2D eigenvalue weighted by Gasteiger charge is -2.40. The lowest BCUT2D eigenvalue weighted by Crippen LogP contribution is -2.54. The van der Waals surface area contributed by atoms with Crippen molar-refractivity contribution in [3.05, 3.63) is 0 Å². The summed E-state index contributed by atoms with van der Waals surface area (Å²) in [5.74, 6) is 1.62. The minimum atomic E-state index is 0.201. The molecule has 1 atom stereocenters. The Labute approximate surface area is 97.7 Å². The molecule has 1 N–H and O–H groups in total. The Balaban J connectivity index is 1.89. The molecule has 2 fully saturated rings. The summed E-state index contributed by atoms with van der Waals surface area (Å²) >= 11 is 6.16. The molecule has 3 heteroatoms. The molecule has 1 unspecified atom stereocenters. The first-order chi connectivity index (χ1) is 7.24. The van der Waals surface area contributed by atoms with Crippen LogP contribution in [0.15, 0.2) is 0 Å². The maximum Gasteiger partial charge on any atom is 0.0620 e. The molecule has 1 saturated heterocycles. The van der Waals surface area contributed by atoms with E-state index in [0.717, 1.165) is 31.4 Å². The van der Waals surface area contributed by atoms with Crippen LogP contribution in [0.2, 0.25) is 0 Å². The van der Waals surface area contributed by atoms with Gasteiger partial charge < -0.3 is 10.1 Å². The first kappa shape index (κ1) is 11.7. The van der Waals surface area contributed by atoms with Gasteiger partial charge in [-0.15, -0.1) is 11.6 Å². The first-order valence-corrected chi connectivity index (χ1v) is 6.69. The molecule has 2 nitrogen and oxygen atoms in total. The summed E-state index contributed by atoms with van der Waals surface area (Å²) in [5.41, 5.74) is 0.201. The van der Waals surface area contributed by atoms with E-state index >= 15 is 0 Å². The van der Waals surface area contributed by atoms with Crippen LogP contribution in [0.4, 0.5) is 0 Å². The van der Waals surface area contributed by atoms with Gasteiger partial charge in [-0.1, -0.05) is 6.92 Å². The third kappa shape index (κ3) is 2.86. The summed E-state index contributed by atoms with van der Waals surface area (Å²) in [7, 11) is 0. The second-order valence-corrected chi connectivity index (χ2v) is 5.57. The van der Waals surface area contributed by atoms with Crippen molar-refractivity contribution in [2.45, 2.75) is 50.6 Å². The van der Waals surface area contributed by atoms with Gasteiger partial charge in [0.25, 0.3) is 0 Å². The van der Waals surface area contributed by atoms with Crippen LogP contribution in [0, 0.1) is 5.92 Å². The summed E-state index contributed by atoms with van der Waals surface area (Å²) in [5, 5.41) is 3.74. The Bertz CT molecular complexity index is 196. The topological polar surface area (TPSA) is 21.3 Å². The Hall–Kier alpha value is 0.210. The van der Waals surface area contributed by atoms with Crippen molar-refractivity contribution in [3.63, 3.8) is 0 Å². The Kier molecular flexibility index (Phi) is 3.92. The van der Waals surface area contributed by atoms with Crippen LogP contribution in [0.1, 0.15) is 39.0 Å². The largest absolute Gasteiger partial charge is 0.380 e. The number of nitrogens with one attached hydrogen (secondary N) is 1. The normalized spacial score (nSPS) is 42.0. The van der Waals surface area contributed by atoms with Crippen molar-refractivity contribution in [1.29, 1.82) is 0 Å². The molecule has 0 radical (unpaired) electrons. The summed E-state index contributed by atoms with van der Waals surface area (Å²) < 4.78 is 5.40. The van der Waals surface area contributed by atoms with Crippen molar-refractivity contribution in [2.75, 3.05) is 19.1 Å². The molecule has 0 aromatic rings. The molecule has 0 amide bonds. The van der Waals surface area contributed by atoms with Gasteiger partial charge in [-0.3, -0.25) is 0 Å². The fourth-order valence-electron chi connectivity index (χ4n) is 2.71. The van der Waals surface area contributed by atoms with Crippen molar-refractivity contribution in [3.8, 4) is 0 Å². The molecular formula is C12H22ClNO. The van der Waals surface area contributed by atoms with Crippen LogP contribution in [0.25, 0.3) is 0 Å². The minimum absolute atomic E-state index is 0.201. The molecule has 1 saturated carbocycles. The van der Waals surface area contributed by atoms with Gasteiger partial charge in [0.05, 0.1) is 6.61 Å². The zero-order chi connectivity index (χ0) is 10.7. The van der Waals surface area contributed by atoms with Crippen LogP contribution in [0.3, 0.4) is 0 Å². The highest BCUT2D eigenvalue weighted by molar-refractivity contribution is 6.18. The molecule has 1 heterocycles. The number of hydrogen-bond acceptors (Lipinski definition) is 2. The van der Waals surface area contributed by atoms with Crippen LogP contribution in [-0.2, 0) is 4.74 Å². The van der Waals surface area contributed by atoms with E-state index < -0.39 is 0 Å². The predicted molar refractivity (Wildman–Crippen MR) is 63.4 cm³/mol. The molecule has 2 aliphatic rings. The Morgan fingerprint density at radius 1 is 1.33 bits per heavy atom. The van der Waals surface area contributed by atoms with E-state index in [4.69, 9.17) is 16.3 Å². The van der Waals surface area contributed by atoms with Crippen molar-refractivity contribution in [1.82, 2.24) is 5.32 Å². The van der Waals surface area contributed by atoms with Gasteiger partial charge in [0, 0.05) is 24.1 Å². The molecule has 15 heavy (non-hydrogen) atoms. The van der Waals surface area contributed by atoms with E-state index in [9.17, 15) is 0 Å². The molecule has 1 aliphatic heterocycles. The molecule has 0 aromatic carbocycles. The van der Waals surface area contributed by atoms with Gasteiger partial charge in [0.15, 0.2) is 0 Å². The third-order valence-electron chi connectivity index (χ3n) is 3.93. The number of hydrogen-bond donors (Lipinski definition) is 1. The number of rotatable bonds is 3. The molecule has 0 bridgehead atoms. The molecular weight excluding hydrogens is 210 g/mol. The molecule has 0 spiro atoms.